The first-order chi connectivity index (χ1) is 12.9. The van der Waals surface area contributed by atoms with Crippen LogP contribution in [0.25, 0.3) is 0 Å². The van der Waals surface area contributed by atoms with Gasteiger partial charge >= 0.3 is 0 Å². The highest BCUT2D eigenvalue weighted by molar-refractivity contribution is 7.09. The van der Waals surface area contributed by atoms with E-state index in [-0.39, 0.29) is 30.3 Å². The second kappa shape index (κ2) is 10.3. The van der Waals surface area contributed by atoms with Crippen molar-refractivity contribution in [3.63, 3.8) is 0 Å². The minimum absolute atomic E-state index is 0.0125. The van der Waals surface area contributed by atoms with Crippen molar-refractivity contribution in [3.05, 3.63) is 58.3 Å². The Morgan fingerprint density at radius 1 is 1.00 bits per heavy atom. The van der Waals surface area contributed by atoms with Crippen molar-refractivity contribution in [2.24, 2.45) is 5.92 Å². The van der Waals surface area contributed by atoms with Crippen molar-refractivity contribution in [1.82, 2.24) is 9.80 Å². The highest BCUT2D eigenvalue weighted by atomic mass is 32.1. The number of hydrogen-bond donors (Lipinski definition) is 0. The van der Waals surface area contributed by atoms with Crippen molar-refractivity contribution < 1.29 is 9.59 Å². The molecule has 1 heterocycles. The van der Waals surface area contributed by atoms with Crippen LogP contribution in [0.2, 0.25) is 0 Å². The normalized spacial score (nSPS) is 12.0. The van der Waals surface area contributed by atoms with Gasteiger partial charge in [-0.15, -0.1) is 11.3 Å². The lowest BCUT2D eigenvalue weighted by Gasteiger charge is -2.32. The summed E-state index contributed by atoms with van der Waals surface area (Å²) in [5.74, 6) is -0.0956. The number of nitrogens with zero attached hydrogens (tertiary/aromatic N) is 2. The Hall–Kier alpha value is -2.14. The summed E-state index contributed by atoms with van der Waals surface area (Å²) in [7, 11) is 0. The van der Waals surface area contributed by atoms with E-state index in [0.717, 1.165) is 16.9 Å². The monoisotopic (exact) mass is 386 g/mol. The Kier molecular flexibility index (Phi) is 8.04. The van der Waals surface area contributed by atoms with E-state index in [0.29, 0.717) is 13.1 Å². The van der Waals surface area contributed by atoms with Crippen molar-refractivity contribution in [3.8, 4) is 0 Å². The number of benzene rings is 1. The Bertz CT molecular complexity index is 713. The lowest BCUT2D eigenvalue weighted by atomic mass is 10.1. The molecule has 2 aromatic rings. The quantitative estimate of drug-likeness (QED) is 0.634. The first kappa shape index (κ1) is 21.2. The maximum Gasteiger partial charge on any atom is 0.242 e. The predicted octanol–water partition coefficient (Wildman–Crippen LogP) is 4.56. The maximum atomic E-state index is 13.2. The SMILES string of the molecule is CC[C@@H](C)N(CC(=O)N(Cc1ccccc1)Cc1cccs1)C(=O)C(C)C. The van der Waals surface area contributed by atoms with Gasteiger partial charge < -0.3 is 9.80 Å². The van der Waals surface area contributed by atoms with Crippen LogP contribution < -0.4 is 0 Å². The van der Waals surface area contributed by atoms with Gasteiger partial charge in [0, 0.05) is 23.4 Å². The fourth-order valence-corrected chi connectivity index (χ4v) is 3.59. The largest absolute Gasteiger partial charge is 0.332 e. The van der Waals surface area contributed by atoms with Crippen molar-refractivity contribution in [2.75, 3.05) is 6.54 Å². The lowest BCUT2D eigenvalue weighted by Crippen LogP contribution is -2.47. The molecule has 0 saturated heterocycles. The van der Waals surface area contributed by atoms with E-state index in [9.17, 15) is 9.59 Å². The molecule has 1 aromatic heterocycles. The fourth-order valence-electron chi connectivity index (χ4n) is 2.88. The summed E-state index contributed by atoms with van der Waals surface area (Å²) in [5.41, 5.74) is 1.09. The second-order valence-electron chi connectivity index (χ2n) is 7.19. The number of hydrogen-bond acceptors (Lipinski definition) is 3. The molecule has 5 heteroatoms. The van der Waals surface area contributed by atoms with E-state index in [2.05, 4.69) is 0 Å². The molecular weight excluding hydrogens is 356 g/mol. The molecule has 0 spiro atoms. The number of carbonyl (C=O) groups excluding carboxylic acids is 2. The van der Waals surface area contributed by atoms with E-state index >= 15 is 0 Å². The van der Waals surface area contributed by atoms with Crippen LogP contribution in [-0.4, -0.2) is 34.2 Å². The van der Waals surface area contributed by atoms with Crippen LogP contribution in [-0.2, 0) is 22.7 Å². The lowest BCUT2D eigenvalue weighted by molar-refractivity contribution is -0.144. The molecule has 0 bridgehead atoms. The number of carbonyl (C=O) groups is 2. The van der Waals surface area contributed by atoms with Crippen LogP contribution in [0.15, 0.2) is 47.8 Å². The van der Waals surface area contributed by atoms with Gasteiger partial charge in [-0.2, -0.15) is 0 Å². The Morgan fingerprint density at radius 3 is 2.26 bits per heavy atom. The minimum Gasteiger partial charge on any atom is -0.332 e. The zero-order chi connectivity index (χ0) is 19.8. The highest BCUT2D eigenvalue weighted by Crippen LogP contribution is 2.17. The van der Waals surface area contributed by atoms with E-state index in [1.807, 2.05) is 80.4 Å². The molecule has 0 fully saturated rings. The van der Waals surface area contributed by atoms with E-state index in [4.69, 9.17) is 0 Å². The van der Waals surface area contributed by atoms with Gasteiger partial charge in [0.1, 0.15) is 6.54 Å². The molecule has 4 nitrogen and oxygen atoms in total. The van der Waals surface area contributed by atoms with E-state index in [1.54, 1.807) is 16.2 Å². The zero-order valence-electron chi connectivity index (χ0n) is 16.7. The third-order valence-electron chi connectivity index (χ3n) is 4.70. The molecule has 0 radical (unpaired) electrons. The van der Waals surface area contributed by atoms with Gasteiger partial charge in [0.05, 0.1) is 6.54 Å². The van der Waals surface area contributed by atoms with Crippen molar-refractivity contribution >= 4 is 23.2 Å². The molecule has 2 rings (SSSR count). The number of rotatable bonds is 9. The summed E-state index contributed by atoms with van der Waals surface area (Å²) in [6.45, 7) is 9.06. The summed E-state index contributed by atoms with van der Waals surface area (Å²) < 4.78 is 0. The Morgan fingerprint density at radius 2 is 1.70 bits per heavy atom. The summed E-state index contributed by atoms with van der Waals surface area (Å²) in [6.07, 6.45) is 0.829. The topological polar surface area (TPSA) is 40.6 Å². The Balaban J connectivity index is 2.18. The average molecular weight is 387 g/mol. The first-order valence-corrected chi connectivity index (χ1v) is 10.4. The van der Waals surface area contributed by atoms with Crippen LogP contribution in [0.4, 0.5) is 0 Å². The predicted molar refractivity (Wildman–Crippen MR) is 111 cm³/mol. The molecule has 0 aliphatic heterocycles. The van der Waals surface area contributed by atoms with Gasteiger partial charge in [-0.3, -0.25) is 9.59 Å². The number of thiophene rings is 1. The van der Waals surface area contributed by atoms with Crippen LogP contribution in [0, 0.1) is 5.92 Å². The molecule has 0 unspecified atom stereocenters. The third kappa shape index (κ3) is 6.21. The van der Waals surface area contributed by atoms with Gasteiger partial charge in [0.15, 0.2) is 0 Å². The smallest absolute Gasteiger partial charge is 0.242 e. The molecule has 146 valence electrons. The van der Waals surface area contributed by atoms with Gasteiger partial charge in [-0.25, -0.2) is 0 Å². The van der Waals surface area contributed by atoms with Crippen LogP contribution in [0.5, 0.6) is 0 Å². The fraction of sp³-hybridized carbons (Fsp3) is 0.455. The summed E-state index contributed by atoms with van der Waals surface area (Å²) >= 11 is 1.65. The van der Waals surface area contributed by atoms with Gasteiger partial charge in [-0.05, 0) is 30.4 Å². The minimum atomic E-state index is -0.119. The van der Waals surface area contributed by atoms with Crippen molar-refractivity contribution in [2.45, 2.75) is 53.2 Å². The van der Waals surface area contributed by atoms with Crippen LogP contribution in [0.1, 0.15) is 44.6 Å². The summed E-state index contributed by atoms with van der Waals surface area (Å²) in [5, 5.41) is 2.02. The van der Waals surface area contributed by atoms with E-state index < -0.39 is 0 Å². The zero-order valence-corrected chi connectivity index (χ0v) is 17.5. The molecule has 1 atom stereocenters. The van der Waals surface area contributed by atoms with Gasteiger partial charge in [0.25, 0.3) is 0 Å². The number of amides is 2. The molecule has 1 aromatic carbocycles. The maximum absolute atomic E-state index is 13.2. The molecule has 2 amide bonds. The summed E-state index contributed by atoms with van der Waals surface area (Å²) in [4.78, 5) is 30.5. The Labute approximate surface area is 166 Å². The van der Waals surface area contributed by atoms with Gasteiger partial charge in [0.2, 0.25) is 11.8 Å². The van der Waals surface area contributed by atoms with Crippen LogP contribution in [0.3, 0.4) is 0 Å². The molecule has 27 heavy (non-hydrogen) atoms. The second-order valence-corrected chi connectivity index (χ2v) is 8.23. The van der Waals surface area contributed by atoms with E-state index in [1.165, 1.54) is 0 Å². The summed E-state index contributed by atoms with van der Waals surface area (Å²) in [6, 6.07) is 14.1. The molecule has 0 N–H and O–H groups in total. The van der Waals surface area contributed by atoms with Crippen LogP contribution >= 0.6 is 11.3 Å². The standard InChI is InChI=1S/C22H30N2O2S/c1-5-18(4)24(22(26)17(2)3)16-21(25)23(15-20-12-9-13-27-20)14-19-10-7-6-8-11-19/h6-13,17-18H,5,14-16H2,1-4H3/t18-/m1/s1. The third-order valence-corrected chi connectivity index (χ3v) is 5.56. The van der Waals surface area contributed by atoms with Gasteiger partial charge in [-0.1, -0.05) is 57.2 Å². The average Bonchev–Trinajstić information content (AvgIpc) is 3.18. The molecule has 0 aliphatic carbocycles. The molecule has 0 aliphatic rings. The van der Waals surface area contributed by atoms with Crippen molar-refractivity contribution in [1.29, 1.82) is 0 Å². The molecule has 0 saturated carbocycles. The first-order valence-electron chi connectivity index (χ1n) is 9.56. The molecular formula is C22H30N2O2S. The highest BCUT2D eigenvalue weighted by Gasteiger charge is 2.26.